The molecule has 0 saturated carbocycles. The van der Waals surface area contributed by atoms with E-state index in [2.05, 4.69) is 11.8 Å². The van der Waals surface area contributed by atoms with E-state index in [1.165, 1.54) is 12.1 Å². The Morgan fingerprint density at radius 2 is 2.16 bits per heavy atom. The Labute approximate surface area is 113 Å². The standard InChI is InChI=1S/C15H18FNO2/c1-4-17(11(2)3)15(19)13-8-7-12(6-5-9-18)14(16)10-13/h7-8,10-11,18H,4,9H2,1-3H3. The molecule has 1 aromatic rings. The van der Waals surface area contributed by atoms with E-state index in [4.69, 9.17) is 5.11 Å². The normalized spacial score (nSPS) is 10.0. The van der Waals surface area contributed by atoms with Crippen LogP contribution in [0.15, 0.2) is 18.2 Å². The molecule has 1 amide bonds. The number of aliphatic hydroxyl groups is 1. The van der Waals surface area contributed by atoms with Gasteiger partial charge in [-0.15, -0.1) is 0 Å². The van der Waals surface area contributed by atoms with Gasteiger partial charge in [-0.1, -0.05) is 11.8 Å². The summed E-state index contributed by atoms with van der Waals surface area (Å²) in [4.78, 5) is 13.8. The molecule has 1 rings (SSSR count). The third-order valence-corrected chi connectivity index (χ3v) is 2.74. The Hall–Kier alpha value is -1.86. The van der Waals surface area contributed by atoms with Gasteiger partial charge in [0.05, 0.1) is 5.56 Å². The van der Waals surface area contributed by atoms with Gasteiger partial charge >= 0.3 is 0 Å². The van der Waals surface area contributed by atoms with E-state index >= 15 is 0 Å². The maximum absolute atomic E-state index is 13.7. The van der Waals surface area contributed by atoms with Crippen molar-refractivity contribution in [2.75, 3.05) is 13.2 Å². The van der Waals surface area contributed by atoms with Gasteiger partial charge in [-0.25, -0.2) is 4.39 Å². The van der Waals surface area contributed by atoms with Crippen LogP contribution in [0.4, 0.5) is 4.39 Å². The largest absolute Gasteiger partial charge is 0.384 e. The number of nitrogens with zero attached hydrogens (tertiary/aromatic N) is 1. The summed E-state index contributed by atoms with van der Waals surface area (Å²) in [6, 6.07) is 4.26. The highest BCUT2D eigenvalue weighted by molar-refractivity contribution is 5.94. The lowest BCUT2D eigenvalue weighted by molar-refractivity contribution is 0.0716. The van der Waals surface area contributed by atoms with E-state index in [9.17, 15) is 9.18 Å². The molecule has 0 aliphatic rings. The molecule has 0 heterocycles. The Morgan fingerprint density at radius 3 is 2.63 bits per heavy atom. The van der Waals surface area contributed by atoms with Crippen LogP contribution in [0.5, 0.6) is 0 Å². The summed E-state index contributed by atoms with van der Waals surface area (Å²) in [5, 5.41) is 8.57. The highest BCUT2D eigenvalue weighted by Crippen LogP contribution is 2.13. The van der Waals surface area contributed by atoms with Crippen molar-refractivity contribution in [3.8, 4) is 11.8 Å². The predicted molar refractivity (Wildman–Crippen MR) is 72.2 cm³/mol. The van der Waals surface area contributed by atoms with Gasteiger partial charge in [-0.3, -0.25) is 4.79 Å². The monoisotopic (exact) mass is 263 g/mol. The molecule has 1 N–H and O–H groups in total. The zero-order chi connectivity index (χ0) is 14.4. The van der Waals surface area contributed by atoms with E-state index in [0.29, 0.717) is 12.1 Å². The maximum Gasteiger partial charge on any atom is 0.254 e. The van der Waals surface area contributed by atoms with Gasteiger partial charge in [0.1, 0.15) is 12.4 Å². The summed E-state index contributed by atoms with van der Waals surface area (Å²) < 4.78 is 13.7. The molecule has 4 heteroatoms. The van der Waals surface area contributed by atoms with Crippen molar-refractivity contribution in [2.24, 2.45) is 0 Å². The molecule has 0 saturated heterocycles. The number of carbonyl (C=O) groups is 1. The van der Waals surface area contributed by atoms with Crippen molar-refractivity contribution < 1.29 is 14.3 Å². The van der Waals surface area contributed by atoms with Crippen molar-refractivity contribution >= 4 is 5.91 Å². The first-order valence-corrected chi connectivity index (χ1v) is 6.21. The Morgan fingerprint density at radius 1 is 1.47 bits per heavy atom. The zero-order valence-corrected chi connectivity index (χ0v) is 11.4. The minimum absolute atomic E-state index is 0.0643. The third-order valence-electron chi connectivity index (χ3n) is 2.74. The van der Waals surface area contributed by atoms with E-state index in [0.717, 1.165) is 0 Å². The van der Waals surface area contributed by atoms with Crippen LogP contribution >= 0.6 is 0 Å². The minimum Gasteiger partial charge on any atom is -0.384 e. The molecule has 0 radical (unpaired) electrons. The molecule has 0 unspecified atom stereocenters. The van der Waals surface area contributed by atoms with Crippen molar-refractivity contribution in [3.63, 3.8) is 0 Å². The average molecular weight is 263 g/mol. The molecule has 0 fully saturated rings. The first-order valence-electron chi connectivity index (χ1n) is 6.21. The molecule has 19 heavy (non-hydrogen) atoms. The van der Waals surface area contributed by atoms with Gasteiger partial charge in [0.15, 0.2) is 0 Å². The van der Waals surface area contributed by atoms with Crippen molar-refractivity contribution in [3.05, 3.63) is 35.1 Å². The van der Waals surface area contributed by atoms with Crippen molar-refractivity contribution in [1.82, 2.24) is 4.90 Å². The fourth-order valence-corrected chi connectivity index (χ4v) is 1.79. The number of amides is 1. The molecule has 1 aromatic carbocycles. The number of carbonyl (C=O) groups excluding carboxylic acids is 1. The Bertz CT molecular complexity index is 515. The van der Waals surface area contributed by atoms with Crippen LogP contribution in [0.1, 0.15) is 36.7 Å². The molecule has 0 atom stereocenters. The quantitative estimate of drug-likeness (QED) is 0.848. The van der Waals surface area contributed by atoms with Crippen LogP contribution in [0.3, 0.4) is 0 Å². The summed E-state index contributed by atoms with van der Waals surface area (Å²) in [6.07, 6.45) is 0. The second-order valence-electron chi connectivity index (χ2n) is 4.34. The maximum atomic E-state index is 13.7. The molecule has 0 aliphatic carbocycles. The molecule has 0 aliphatic heterocycles. The molecule has 0 spiro atoms. The lowest BCUT2D eigenvalue weighted by Crippen LogP contribution is -2.36. The first-order chi connectivity index (χ1) is 9.01. The van der Waals surface area contributed by atoms with E-state index in [1.54, 1.807) is 11.0 Å². The van der Waals surface area contributed by atoms with Crippen LogP contribution in [-0.4, -0.2) is 35.1 Å². The average Bonchev–Trinajstić information content (AvgIpc) is 2.37. The fourth-order valence-electron chi connectivity index (χ4n) is 1.79. The summed E-state index contributed by atoms with van der Waals surface area (Å²) in [5.74, 6) is 4.13. The highest BCUT2D eigenvalue weighted by Gasteiger charge is 2.17. The molecular weight excluding hydrogens is 245 g/mol. The van der Waals surface area contributed by atoms with Crippen LogP contribution in [0.25, 0.3) is 0 Å². The molecule has 3 nitrogen and oxygen atoms in total. The smallest absolute Gasteiger partial charge is 0.254 e. The van der Waals surface area contributed by atoms with E-state index in [-0.39, 0.29) is 24.1 Å². The second-order valence-corrected chi connectivity index (χ2v) is 4.34. The number of hydrogen-bond acceptors (Lipinski definition) is 2. The van der Waals surface area contributed by atoms with Gasteiger partial charge < -0.3 is 10.0 Å². The zero-order valence-electron chi connectivity index (χ0n) is 11.4. The minimum atomic E-state index is -0.549. The van der Waals surface area contributed by atoms with Crippen LogP contribution in [0, 0.1) is 17.7 Å². The highest BCUT2D eigenvalue weighted by atomic mass is 19.1. The molecular formula is C15H18FNO2. The van der Waals surface area contributed by atoms with Crippen molar-refractivity contribution in [2.45, 2.75) is 26.8 Å². The summed E-state index contributed by atoms with van der Waals surface area (Å²) >= 11 is 0. The van der Waals surface area contributed by atoms with Crippen LogP contribution in [-0.2, 0) is 0 Å². The Balaban J connectivity index is 3.03. The number of rotatable bonds is 3. The molecule has 0 bridgehead atoms. The lowest BCUT2D eigenvalue weighted by atomic mass is 10.1. The number of aliphatic hydroxyl groups excluding tert-OH is 1. The van der Waals surface area contributed by atoms with Gasteiger partial charge in [-0.2, -0.15) is 0 Å². The predicted octanol–water partition coefficient (Wildman–Crippen LogP) is 2.04. The summed E-state index contributed by atoms with van der Waals surface area (Å²) in [6.45, 7) is 5.97. The van der Waals surface area contributed by atoms with E-state index < -0.39 is 5.82 Å². The first kappa shape index (κ1) is 15.2. The number of hydrogen-bond donors (Lipinski definition) is 1. The lowest BCUT2D eigenvalue weighted by Gasteiger charge is -2.25. The third kappa shape index (κ3) is 3.80. The number of halogens is 1. The van der Waals surface area contributed by atoms with Crippen LogP contribution < -0.4 is 0 Å². The summed E-state index contributed by atoms with van der Waals surface area (Å²) in [7, 11) is 0. The molecule has 0 aromatic heterocycles. The van der Waals surface area contributed by atoms with Gasteiger partial charge in [0, 0.05) is 18.2 Å². The van der Waals surface area contributed by atoms with Gasteiger partial charge in [0.25, 0.3) is 5.91 Å². The van der Waals surface area contributed by atoms with Gasteiger partial charge in [0.2, 0.25) is 0 Å². The van der Waals surface area contributed by atoms with Crippen LogP contribution in [0.2, 0.25) is 0 Å². The summed E-state index contributed by atoms with van der Waals surface area (Å²) in [5.41, 5.74) is 0.487. The SMILES string of the molecule is CCN(C(=O)c1ccc(C#CCO)c(F)c1)C(C)C. The molecule has 102 valence electrons. The topological polar surface area (TPSA) is 40.5 Å². The number of benzene rings is 1. The van der Waals surface area contributed by atoms with Gasteiger partial charge in [-0.05, 0) is 39.0 Å². The van der Waals surface area contributed by atoms with Crippen molar-refractivity contribution in [1.29, 1.82) is 0 Å². The van der Waals surface area contributed by atoms with E-state index in [1.807, 2.05) is 20.8 Å². The fraction of sp³-hybridized carbons (Fsp3) is 0.400. The second kappa shape index (κ2) is 6.91. The Kier molecular flexibility index (Phi) is 5.53.